The summed E-state index contributed by atoms with van der Waals surface area (Å²) >= 11 is 0. The maximum absolute atomic E-state index is 12.6. The lowest BCUT2D eigenvalue weighted by Gasteiger charge is -2.25. The van der Waals surface area contributed by atoms with Crippen molar-refractivity contribution in [3.05, 3.63) is 65.2 Å². The lowest BCUT2D eigenvalue weighted by molar-refractivity contribution is -0.144. The SMILES string of the molecule is Cc1ccc(C(=O)NC2(C(=O)O)CCCC2)cc1NC(=O)c1ccccc1. The van der Waals surface area contributed by atoms with Crippen LogP contribution in [-0.2, 0) is 4.79 Å². The molecule has 2 amide bonds. The molecular weight excluding hydrogens is 344 g/mol. The van der Waals surface area contributed by atoms with E-state index in [9.17, 15) is 19.5 Å². The van der Waals surface area contributed by atoms with Gasteiger partial charge in [-0.25, -0.2) is 4.79 Å². The maximum atomic E-state index is 12.6. The van der Waals surface area contributed by atoms with Crippen LogP contribution >= 0.6 is 0 Å². The van der Waals surface area contributed by atoms with Gasteiger partial charge in [0, 0.05) is 16.8 Å². The van der Waals surface area contributed by atoms with Gasteiger partial charge >= 0.3 is 5.97 Å². The van der Waals surface area contributed by atoms with E-state index in [1.807, 2.05) is 13.0 Å². The zero-order valence-corrected chi connectivity index (χ0v) is 15.1. The van der Waals surface area contributed by atoms with E-state index in [0.29, 0.717) is 29.7 Å². The third kappa shape index (κ3) is 4.00. The molecule has 3 N–H and O–H groups in total. The predicted molar refractivity (Wildman–Crippen MR) is 102 cm³/mol. The van der Waals surface area contributed by atoms with Gasteiger partial charge in [-0.05, 0) is 49.6 Å². The average molecular weight is 366 g/mol. The van der Waals surface area contributed by atoms with Gasteiger partial charge in [-0.1, -0.05) is 37.1 Å². The molecule has 1 fully saturated rings. The van der Waals surface area contributed by atoms with Crippen LogP contribution in [-0.4, -0.2) is 28.4 Å². The highest BCUT2D eigenvalue weighted by Crippen LogP contribution is 2.30. The molecule has 0 aliphatic heterocycles. The van der Waals surface area contributed by atoms with Crippen LogP contribution in [0.5, 0.6) is 0 Å². The van der Waals surface area contributed by atoms with E-state index in [1.165, 1.54) is 0 Å². The fraction of sp³-hybridized carbons (Fsp3) is 0.286. The number of carboxylic acid groups (broad SMARTS) is 1. The minimum Gasteiger partial charge on any atom is -0.480 e. The lowest BCUT2D eigenvalue weighted by Crippen LogP contribution is -2.52. The van der Waals surface area contributed by atoms with E-state index >= 15 is 0 Å². The second kappa shape index (κ2) is 7.61. The third-order valence-electron chi connectivity index (χ3n) is 5.00. The van der Waals surface area contributed by atoms with Crippen molar-refractivity contribution in [3.8, 4) is 0 Å². The number of benzene rings is 2. The molecule has 0 radical (unpaired) electrons. The highest BCUT2D eigenvalue weighted by Gasteiger charge is 2.42. The minimum atomic E-state index is -1.20. The average Bonchev–Trinajstić information content (AvgIpc) is 3.14. The number of rotatable bonds is 5. The molecule has 6 heteroatoms. The Bertz CT molecular complexity index is 871. The van der Waals surface area contributed by atoms with E-state index in [0.717, 1.165) is 18.4 Å². The number of nitrogens with one attached hydrogen (secondary N) is 2. The smallest absolute Gasteiger partial charge is 0.329 e. The van der Waals surface area contributed by atoms with Gasteiger partial charge < -0.3 is 15.7 Å². The molecule has 1 saturated carbocycles. The van der Waals surface area contributed by atoms with Crippen molar-refractivity contribution in [2.45, 2.75) is 38.1 Å². The molecule has 0 saturated heterocycles. The Balaban J connectivity index is 1.79. The van der Waals surface area contributed by atoms with E-state index in [4.69, 9.17) is 0 Å². The number of carboxylic acids is 1. The Labute approximate surface area is 157 Å². The number of aliphatic carboxylic acids is 1. The Morgan fingerprint density at radius 3 is 2.22 bits per heavy atom. The van der Waals surface area contributed by atoms with Crippen LogP contribution in [0.1, 0.15) is 52.0 Å². The summed E-state index contributed by atoms with van der Waals surface area (Å²) in [4.78, 5) is 36.7. The molecular formula is C21H22N2O4. The van der Waals surface area contributed by atoms with Crippen molar-refractivity contribution in [1.29, 1.82) is 0 Å². The van der Waals surface area contributed by atoms with Crippen molar-refractivity contribution in [2.75, 3.05) is 5.32 Å². The zero-order chi connectivity index (χ0) is 19.4. The number of hydrogen-bond donors (Lipinski definition) is 3. The second-order valence-electron chi connectivity index (χ2n) is 6.90. The number of aryl methyl sites for hydroxylation is 1. The fourth-order valence-corrected chi connectivity index (χ4v) is 3.34. The topological polar surface area (TPSA) is 95.5 Å². The highest BCUT2D eigenvalue weighted by molar-refractivity contribution is 6.06. The second-order valence-corrected chi connectivity index (χ2v) is 6.90. The van der Waals surface area contributed by atoms with Gasteiger partial charge in [0.1, 0.15) is 5.54 Å². The molecule has 3 rings (SSSR count). The normalized spacial score (nSPS) is 15.1. The lowest BCUT2D eigenvalue weighted by atomic mass is 9.97. The van der Waals surface area contributed by atoms with Crippen LogP contribution in [0.3, 0.4) is 0 Å². The number of hydrogen-bond acceptors (Lipinski definition) is 3. The molecule has 1 aliphatic carbocycles. The van der Waals surface area contributed by atoms with E-state index in [-0.39, 0.29) is 5.91 Å². The zero-order valence-electron chi connectivity index (χ0n) is 15.1. The molecule has 0 spiro atoms. The third-order valence-corrected chi connectivity index (χ3v) is 5.00. The van der Waals surface area contributed by atoms with E-state index < -0.39 is 17.4 Å². The van der Waals surface area contributed by atoms with Crippen LogP contribution in [0.4, 0.5) is 5.69 Å². The van der Waals surface area contributed by atoms with Crippen molar-refractivity contribution in [2.24, 2.45) is 0 Å². The highest BCUT2D eigenvalue weighted by atomic mass is 16.4. The van der Waals surface area contributed by atoms with Crippen molar-refractivity contribution in [3.63, 3.8) is 0 Å². The number of anilines is 1. The first-order valence-corrected chi connectivity index (χ1v) is 8.94. The van der Waals surface area contributed by atoms with Gasteiger partial charge in [-0.2, -0.15) is 0 Å². The molecule has 0 atom stereocenters. The summed E-state index contributed by atoms with van der Waals surface area (Å²) in [6.07, 6.45) is 2.41. The monoisotopic (exact) mass is 366 g/mol. The van der Waals surface area contributed by atoms with Crippen LogP contribution < -0.4 is 10.6 Å². The summed E-state index contributed by atoms with van der Waals surface area (Å²) in [6.45, 7) is 1.83. The number of carbonyl (C=O) groups is 3. The van der Waals surface area contributed by atoms with E-state index in [2.05, 4.69) is 10.6 Å². The van der Waals surface area contributed by atoms with Crippen molar-refractivity contribution >= 4 is 23.5 Å². The molecule has 0 unspecified atom stereocenters. The Morgan fingerprint density at radius 2 is 1.59 bits per heavy atom. The van der Waals surface area contributed by atoms with Crippen molar-refractivity contribution < 1.29 is 19.5 Å². The summed E-state index contributed by atoms with van der Waals surface area (Å²) in [5.41, 5.74) is 0.964. The van der Waals surface area contributed by atoms with Crippen LogP contribution in [0.15, 0.2) is 48.5 Å². The van der Waals surface area contributed by atoms with Gasteiger partial charge in [-0.15, -0.1) is 0 Å². The predicted octanol–water partition coefficient (Wildman–Crippen LogP) is 3.37. The van der Waals surface area contributed by atoms with Gasteiger partial charge in [-0.3, -0.25) is 9.59 Å². The summed E-state index contributed by atoms with van der Waals surface area (Å²) in [7, 11) is 0. The van der Waals surface area contributed by atoms with Gasteiger partial charge in [0.05, 0.1) is 0 Å². The van der Waals surface area contributed by atoms with E-state index in [1.54, 1.807) is 42.5 Å². The summed E-state index contributed by atoms with van der Waals surface area (Å²) in [5.74, 6) is -1.72. The van der Waals surface area contributed by atoms with Crippen molar-refractivity contribution in [1.82, 2.24) is 5.32 Å². The van der Waals surface area contributed by atoms with Crippen LogP contribution in [0.25, 0.3) is 0 Å². The molecule has 2 aromatic rings. The molecule has 0 heterocycles. The van der Waals surface area contributed by atoms with Crippen LogP contribution in [0.2, 0.25) is 0 Å². The molecule has 0 bridgehead atoms. The summed E-state index contributed by atoms with van der Waals surface area (Å²) in [6, 6.07) is 13.7. The quantitative estimate of drug-likeness (QED) is 0.756. The molecule has 140 valence electrons. The minimum absolute atomic E-state index is 0.269. The first kappa shape index (κ1) is 18.6. The number of amides is 2. The summed E-state index contributed by atoms with van der Waals surface area (Å²) in [5, 5.41) is 15.0. The first-order valence-electron chi connectivity index (χ1n) is 8.94. The number of carbonyl (C=O) groups excluding carboxylic acids is 2. The molecule has 6 nitrogen and oxygen atoms in total. The molecule has 1 aliphatic rings. The Morgan fingerprint density at radius 1 is 0.926 bits per heavy atom. The van der Waals surface area contributed by atoms with Gasteiger partial charge in [0.2, 0.25) is 0 Å². The maximum Gasteiger partial charge on any atom is 0.329 e. The van der Waals surface area contributed by atoms with Gasteiger partial charge in [0.15, 0.2) is 0 Å². The molecule has 27 heavy (non-hydrogen) atoms. The molecule has 0 aromatic heterocycles. The Hall–Kier alpha value is -3.15. The summed E-state index contributed by atoms with van der Waals surface area (Å²) < 4.78 is 0. The van der Waals surface area contributed by atoms with Crippen LogP contribution in [0, 0.1) is 6.92 Å². The standard InChI is InChI=1S/C21H22N2O4/c1-14-9-10-16(19(25)23-21(20(26)27)11-5-6-12-21)13-17(14)22-18(24)15-7-3-2-4-8-15/h2-4,7-10,13H,5-6,11-12H2,1H3,(H,22,24)(H,23,25)(H,26,27). The van der Waals surface area contributed by atoms with Gasteiger partial charge in [0.25, 0.3) is 11.8 Å². The Kier molecular flexibility index (Phi) is 5.26. The molecule has 2 aromatic carbocycles. The fourth-order valence-electron chi connectivity index (χ4n) is 3.34. The largest absolute Gasteiger partial charge is 0.480 e. The first-order chi connectivity index (χ1) is 12.9.